The van der Waals surface area contributed by atoms with E-state index in [4.69, 9.17) is 28.3 Å². The fraction of sp³-hybridized carbons (Fsp3) is 0.625. The molecule has 0 unspecified atom stereocenters. The van der Waals surface area contributed by atoms with Crippen molar-refractivity contribution in [3.05, 3.63) is 6.07 Å². The largest absolute Gasteiger partial charge is 0.502 e. The molecule has 0 amide bonds. The van der Waals surface area contributed by atoms with E-state index in [2.05, 4.69) is 0 Å². The average molecular weight is 324 g/mol. The molecule has 23 heavy (non-hydrogen) atoms. The van der Waals surface area contributed by atoms with Gasteiger partial charge < -0.3 is 28.3 Å². The van der Waals surface area contributed by atoms with Gasteiger partial charge in [0.25, 0.3) is 0 Å². The van der Waals surface area contributed by atoms with Gasteiger partial charge in [-0.25, -0.2) is 0 Å². The van der Waals surface area contributed by atoms with E-state index in [9.17, 15) is 0 Å². The van der Waals surface area contributed by atoms with Gasteiger partial charge in [-0.15, -0.1) is 0 Å². The van der Waals surface area contributed by atoms with Gasteiger partial charge in [0, 0.05) is 6.07 Å². The first-order valence-corrected chi connectivity index (χ1v) is 7.45. The summed E-state index contributed by atoms with van der Waals surface area (Å²) in [6.45, 7) is 7.97. The van der Waals surface area contributed by atoms with E-state index in [1.165, 1.54) is 0 Å². The third-order valence-corrected chi connectivity index (χ3v) is 4.54. The molecule has 6 nitrogen and oxygen atoms in total. The molecule has 0 aromatic heterocycles. The summed E-state index contributed by atoms with van der Waals surface area (Å²) < 4.78 is 34.1. The van der Waals surface area contributed by atoms with Crippen LogP contribution in [0.1, 0.15) is 27.7 Å². The summed E-state index contributed by atoms with van der Waals surface area (Å²) in [5.41, 5.74) is -0.298. The van der Waals surface area contributed by atoms with Crippen LogP contribution in [0.25, 0.3) is 0 Å². The maximum Gasteiger partial charge on any atom is 0.502 e. The summed E-state index contributed by atoms with van der Waals surface area (Å²) in [5.74, 6) is 2.02. The molecule has 7 heteroatoms. The van der Waals surface area contributed by atoms with Crippen molar-refractivity contribution in [3.63, 3.8) is 0 Å². The molecule has 1 aliphatic rings. The summed E-state index contributed by atoms with van der Waals surface area (Å²) in [7, 11) is 5.62. The number of methoxy groups -OCH3 is 4. The topological polar surface area (TPSA) is 55.4 Å². The maximum atomic E-state index is 6.13. The van der Waals surface area contributed by atoms with Crippen molar-refractivity contribution in [2.45, 2.75) is 38.9 Å². The predicted octanol–water partition coefficient (Wildman–Crippen LogP) is 2.02. The lowest BCUT2D eigenvalue weighted by molar-refractivity contribution is 0.00578. The minimum atomic E-state index is -0.635. The highest BCUT2D eigenvalue weighted by Gasteiger charge is 2.54. The van der Waals surface area contributed by atoms with Gasteiger partial charge >= 0.3 is 7.12 Å². The first-order chi connectivity index (χ1) is 10.7. The van der Waals surface area contributed by atoms with Crippen LogP contribution >= 0.6 is 0 Å². The first-order valence-electron chi connectivity index (χ1n) is 7.45. The molecular formula is C16H25BO6. The second-order valence-electron chi connectivity index (χ2n) is 6.35. The van der Waals surface area contributed by atoms with Gasteiger partial charge in [-0.3, -0.25) is 0 Å². The van der Waals surface area contributed by atoms with Crippen LogP contribution in [0.4, 0.5) is 0 Å². The number of hydrogen-bond acceptors (Lipinski definition) is 6. The molecule has 2 rings (SSSR count). The monoisotopic (exact) mass is 324 g/mol. The van der Waals surface area contributed by atoms with Crippen molar-refractivity contribution in [3.8, 4) is 23.0 Å². The predicted molar refractivity (Wildman–Crippen MR) is 88.4 cm³/mol. The molecule has 0 aliphatic carbocycles. The summed E-state index contributed by atoms with van der Waals surface area (Å²) in [6, 6.07) is 1.74. The number of rotatable bonds is 5. The smallest absolute Gasteiger partial charge is 0.497 e. The summed E-state index contributed by atoms with van der Waals surface area (Å²) in [5, 5.41) is 0. The molecule has 0 radical (unpaired) electrons. The molecule has 1 saturated heterocycles. The summed E-state index contributed by atoms with van der Waals surface area (Å²) in [4.78, 5) is 0. The molecule has 0 spiro atoms. The van der Waals surface area contributed by atoms with Crippen LogP contribution in [-0.2, 0) is 9.31 Å². The van der Waals surface area contributed by atoms with Crippen LogP contribution in [0.15, 0.2) is 6.07 Å². The van der Waals surface area contributed by atoms with Gasteiger partial charge in [0.15, 0.2) is 11.5 Å². The van der Waals surface area contributed by atoms with Crippen molar-refractivity contribution in [2.24, 2.45) is 0 Å². The Morgan fingerprint density at radius 2 is 1.22 bits per heavy atom. The van der Waals surface area contributed by atoms with E-state index in [1.807, 2.05) is 27.7 Å². The minimum absolute atomic E-state index is 0.471. The highest BCUT2D eigenvalue weighted by molar-refractivity contribution is 6.64. The summed E-state index contributed by atoms with van der Waals surface area (Å²) in [6.07, 6.45) is 0. The fourth-order valence-corrected chi connectivity index (χ4v) is 2.51. The fourth-order valence-electron chi connectivity index (χ4n) is 2.51. The Balaban J connectivity index is 2.62. The Hall–Kier alpha value is -1.60. The Kier molecular flexibility index (Phi) is 4.73. The van der Waals surface area contributed by atoms with Gasteiger partial charge in [0.2, 0.25) is 5.75 Å². The minimum Gasteiger partial charge on any atom is -0.497 e. The van der Waals surface area contributed by atoms with Crippen LogP contribution in [0, 0.1) is 0 Å². The summed E-state index contributed by atoms with van der Waals surface area (Å²) >= 11 is 0. The maximum absolute atomic E-state index is 6.13. The zero-order chi connectivity index (χ0) is 17.4. The molecule has 1 aliphatic heterocycles. The lowest BCUT2D eigenvalue weighted by atomic mass is 9.77. The molecule has 1 aromatic rings. The van der Waals surface area contributed by atoms with Crippen LogP contribution in [0.2, 0.25) is 0 Å². The molecule has 0 N–H and O–H groups in total. The van der Waals surface area contributed by atoms with Gasteiger partial charge in [-0.1, -0.05) is 0 Å². The Morgan fingerprint density at radius 3 is 1.61 bits per heavy atom. The molecule has 0 bridgehead atoms. The quantitative estimate of drug-likeness (QED) is 0.773. The van der Waals surface area contributed by atoms with Gasteiger partial charge in [-0.05, 0) is 27.7 Å². The van der Waals surface area contributed by atoms with Gasteiger partial charge in [0.05, 0.1) is 45.1 Å². The third kappa shape index (κ3) is 2.83. The third-order valence-electron chi connectivity index (χ3n) is 4.54. The van der Waals surface area contributed by atoms with Crippen molar-refractivity contribution in [1.82, 2.24) is 0 Å². The molecule has 0 atom stereocenters. The van der Waals surface area contributed by atoms with Crippen LogP contribution in [0.5, 0.6) is 23.0 Å². The molecule has 128 valence electrons. The Morgan fingerprint density at radius 1 is 0.739 bits per heavy atom. The van der Waals surface area contributed by atoms with Crippen LogP contribution in [-0.4, -0.2) is 46.8 Å². The molecule has 0 saturated carbocycles. The van der Waals surface area contributed by atoms with Crippen molar-refractivity contribution >= 4 is 12.6 Å². The normalized spacial score (nSPS) is 18.7. The second kappa shape index (κ2) is 6.13. The van der Waals surface area contributed by atoms with Crippen LogP contribution in [0.3, 0.4) is 0 Å². The van der Waals surface area contributed by atoms with E-state index in [0.29, 0.717) is 28.5 Å². The Labute approximate surface area is 138 Å². The molecule has 1 fully saturated rings. The first kappa shape index (κ1) is 17.8. The molecule has 1 heterocycles. The van der Waals surface area contributed by atoms with E-state index in [-0.39, 0.29) is 0 Å². The van der Waals surface area contributed by atoms with Crippen molar-refractivity contribution in [2.75, 3.05) is 28.4 Å². The number of hydrogen-bond donors (Lipinski definition) is 0. The Bertz CT molecular complexity index is 568. The van der Waals surface area contributed by atoms with Crippen molar-refractivity contribution in [1.29, 1.82) is 0 Å². The lowest BCUT2D eigenvalue weighted by Gasteiger charge is -2.32. The number of ether oxygens (including phenoxy) is 4. The van der Waals surface area contributed by atoms with Crippen molar-refractivity contribution < 1.29 is 28.3 Å². The van der Waals surface area contributed by atoms with E-state index in [1.54, 1.807) is 34.5 Å². The lowest BCUT2D eigenvalue weighted by Crippen LogP contribution is -2.41. The second-order valence-corrected chi connectivity index (χ2v) is 6.35. The SMILES string of the molecule is COc1cc(OC)c(B2OC(C)(C)C(C)(C)O2)c(OC)c1OC. The average Bonchev–Trinajstić information content (AvgIpc) is 2.72. The zero-order valence-electron chi connectivity index (χ0n) is 15.1. The number of benzene rings is 1. The van der Waals surface area contributed by atoms with Crippen LogP contribution < -0.4 is 24.4 Å². The van der Waals surface area contributed by atoms with E-state index < -0.39 is 18.3 Å². The van der Waals surface area contributed by atoms with E-state index >= 15 is 0 Å². The standard InChI is InChI=1S/C16H25BO6/c1-15(2)16(3,4)23-17(22-15)12-10(18-5)9-11(19-6)13(20-7)14(12)21-8/h9H,1-8H3. The van der Waals surface area contributed by atoms with Gasteiger partial charge in [0.1, 0.15) is 5.75 Å². The van der Waals surface area contributed by atoms with Gasteiger partial charge in [-0.2, -0.15) is 0 Å². The zero-order valence-corrected chi connectivity index (χ0v) is 15.1. The molecule has 1 aromatic carbocycles. The highest BCUT2D eigenvalue weighted by Crippen LogP contribution is 2.43. The highest BCUT2D eigenvalue weighted by atomic mass is 16.7. The molecular weight excluding hydrogens is 299 g/mol. The van der Waals surface area contributed by atoms with E-state index in [0.717, 1.165) is 0 Å².